The van der Waals surface area contributed by atoms with Crippen molar-refractivity contribution < 1.29 is 61.0 Å². The Morgan fingerprint density at radius 1 is 1.24 bits per heavy atom. The molecule has 2 unspecified atom stereocenters. The molecule has 0 radical (unpaired) electrons. The van der Waals surface area contributed by atoms with Gasteiger partial charge in [0.2, 0.25) is 0 Å². The molecule has 2 heterocycles. The Labute approximate surface area is 182 Å². The average Bonchev–Trinajstić information content (AvgIpc) is 2.93. The van der Waals surface area contributed by atoms with Crippen LogP contribution in [0.3, 0.4) is 0 Å². The Hall–Kier alpha value is -1.72. The minimum absolute atomic E-state index is 0.135. The monoisotopic (exact) mass is 538 g/mol. The molecule has 0 bridgehead atoms. The van der Waals surface area contributed by atoms with Crippen LogP contribution in [-0.4, -0.2) is 65.9 Å². The number of hydrogen-bond acceptors (Lipinski definition) is 13. The highest BCUT2D eigenvalue weighted by Gasteiger charge is 2.48. The summed E-state index contributed by atoms with van der Waals surface area (Å²) in [6, 6.07) is 1.20. The maximum Gasteiger partial charge on any atom is 0.490 e. The molecule has 1 fully saturated rings. The molecule has 1 aromatic rings. The molecule has 1 saturated heterocycles. The fourth-order valence-corrected chi connectivity index (χ4v) is 5.55. The van der Waals surface area contributed by atoms with E-state index >= 15 is 0 Å². The first-order valence-electron chi connectivity index (χ1n) is 8.23. The van der Waals surface area contributed by atoms with Crippen LogP contribution in [0, 0.1) is 0 Å². The SMILES string of the molecule is [N-]=[N+]=NCO[C@H]1[C@@H](O)[C@H](n2ccc(N)nc2=O)O[C@@H]1COP(=O)(O)OP(=O)(O)OP(=O)(O)O. The van der Waals surface area contributed by atoms with Gasteiger partial charge in [0.15, 0.2) is 6.23 Å². The molecule has 6 atom stereocenters. The van der Waals surface area contributed by atoms with Crippen LogP contribution in [0.4, 0.5) is 5.82 Å². The zero-order valence-electron chi connectivity index (χ0n) is 15.9. The number of ether oxygens (including phenoxy) is 2. The van der Waals surface area contributed by atoms with Gasteiger partial charge < -0.3 is 39.9 Å². The van der Waals surface area contributed by atoms with Crippen LogP contribution in [0.2, 0.25) is 0 Å². The van der Waals surface area contributed by atoms with E-state index in [1.165, 1.54) is 6.07 Å². The molecule has 186 valence electrons. The predicted octanol–water partition coefficient (Wildman–Crippen LogP) is -0.920. The molecule has 1 aromatic heterocycles. The number of nitrogens with zero attached hydrogens (tertiary/aromatic N) is 5. The van der Waals surface area contributed by atoms with Gasteiger partial charge in [0.1, 0.15) is 30.9 Å². The highest BCUT2D eigenvalue weighted by atomic mass is 31.3. The Bertz CT molecular complexity index is 1100. The third-order valence-corrected chi connectivity index (χ3v) is 7.44. The van der Waals surface area contributed by atoms with Gasteiger partial charge in [0.05, 0.1) is 6.61 Å². The topological polar surface area (TPSA) is 308 Å². The predicted molar refractivity (Wildman–Crippen MR) is 102 cm³/mol. The largest absolute Gasteiger partial charge is 0.490 e. The number of rotatable bonds is 11. The molecule has 2 rings (SSSR count). The second-order valence-corrected chi connectivity index (χ2v) is 10.4. The molecule has 7 N–H and O–H groups in total. The van der Waals surface area contributed by atoms with E-state index in [1.54, 1.807) is 0 Å². The van der Waals surface area contributed by atoms with Gasteiger partial charge in [-0.3, -0.25) is 9.09 Å². The summed E-state index contributed by atoms with van der Waals surface area (Å²) in [6.07, 6.45) is -4.95. The Morgan fingerprint density at radius 2 is 1.91 bits per heavy atom. The number of aromatic nitrogens is 2. The maximum absolute atomic E-state index is 12.0. The molecule has 33 heavy (non-hydrogen) atoms. The molecule has 0 amide bonds. The summed E-state index contributed by atoms with van der Waals surface area (Å²) in [5.41, 5.74) is 12.8. The summed E-state index contributed by atoms with van der Waals surface area (Å²) in [4.78, 5) is 53.7. The van der Waals surface area contributed by atoms with Crippen LogP contribution in [0.1, 0.15) is 6.23 Å². The second-order valence-electron chi connectivity index (χ2n) is 5.98. The second kappa shape index (κ2) is 10.7. The summed E-state index contributed by atoms with van der Waals surface area (Å²) < 4.78 is 56.9. The Balaban J connectivity index is 2.18. The Kier molecular flexibility index (Phi) is 8.92. The average molecular weight is 538 g/mol. The van der Waals surface area contributed by atoms with E-state index in [0.717, 1.165) is 10.8 Å². The zero-order valence-corrected chi connectivity index (χ0v) is 18.6. The first-order chi connectivity index (χ1) is 15.1. The van der Waals surface area contributed by atoms with Gasteiger partial charge in [-0.25, -0.2) is 18.5 Å². The van der Waals surface area contributed by atoms with Crippen molar-refractivity contribution in [2.45, 2.75) is 24.5 Å². The number of nitrogens with two attached hydrogens (primary N) is 1. The number of hydrogen-bond donors (Lipinski definition) is 6. The van der Waals surface area contributed by atoms with E-state index in [1.807, 2.05) is 0 Å². The lowest BCUT2D eigenvalue weighted by Crippen LogP contribution is -2.38. The first-order valence-corrected chi connectivity index (χ1v) is 12.8. The van der Waals surface area contributed by atoms with Crippen LogP contribution in [0.25, 0.3) is 10.4 Å². The summed E-state index contributed by atoms with van der Waals surface area (Å²) in [6.45, 7) is -1.65. The van der Waals surface area contributed by atoms with Gasteiger partial charge in [0.25, 0.3) is 0 Å². The fraction of sp³-hybridized carbons (Fsp3) is 0.600. The highest BCUT2D eigenvalue weighted by molar-refractivity contribution is 7.66. The highest BCUT2D eigenvalue weighted by Crippen LogP contribution is 2.66. The minimum Gasteiger partial charge on any atom is -0.386 e. The Morgan fingerprint density at radius 3 is 2.48 bits per heavy atom. The molecule has 0 spiro atoms. The van der Waals surface area contributed by atoms with E-state index in [0.29, 0.717) is 0 Å². The van der Waals surface area contributed by atoms with Crippen molar-refractivity contribution in [2.24, 2.45) is 5.11 Å². The van der Waals surface area contributed by atoms with Crippen LogP contribution in [0.5, 0.6) is 0 Å². The molecule has 0 saturated carbocycles. The van der Waals surface area contributed by atoms with Crippen molar-refractivity contribution in [3.05, 3.63) is 33.2 Å². The third-order valence-electron chi connectivity index (χ3n) is 3.64. The standard InChI is InChI=1S/C10H17N6O14P3/c11-6-1-2-16(10(18)14-6)9-7(17)8(26-4-13-15-12)5(28-9)3-27-32(22,23)30-33(24,25)29-31(19,20)21/h1-2,5,7-9,17H,3-4H2,(H,22,23)(H,24,25)(H2,11,14,18)(H2,19,20,21)/t5-,7-,8-,9-/m1/s1. The number of anilines is 1. The lowest BCUT2D eigenvalue weighted by Gasteiger charge is -2.21. The van der Waals surface area contributed by atoms with Gasteiger partial charge in [-0.05, 0) is 11.6 Å². The number of azide groups is 1. The van der Waals surface area contributed by atoms with Crippen molar-refractivity contribution >= 4 is 29.3 Å². The molecular formula is C10H17N6O14P3. The van der Waals surface area contributed by atoms with Crippen molar-refractivity contribution in [1.29, 1.82) is 0 Å². The van der Waals surface area contributed by atoms with Gasteiger partial charge in [-0.15, -0.1) is 0 Å². The number of nitrogen functional groups attached to an aromatic ring is 1. The summed E-state index contributed by atoms with van der Waals surface area (Å²) in [5, 5.41) is 13.6. The van der Waals surface area contributed by atoms with Crippen molar-refractivity contribution in [3.8, 4) is 0 Å². The van der Waals surface area contributed by atoms with Crippen LogP contribution < -0.4 is 11.4 Å². The molecule has 0 aromatic carbocycles. The van der Waals surface area contributed by atoms with E-state index in [4.69, 9.17) is 35.4 Å². The normalized spacial score (nSPS) is 26.8. The fourth-order valence-electron chi connectivity index (χ4n) is 2.53. The summed E-state index contributed by atoms with van der Waals surface area (Å²) in [5.74, 6) is -0.135. The van der Waals surface area contributed by atoms with Crippen molar-refractivity contribution in [3.63, 3.8) is 0 Å². The smallest absolute Gasteiger partial charge is 0.386 e. The summed E-state index contributed by atoms with van der Waals surface area (Å²) >= 11 is 0. The lowest BCUT2D eigenvalue weighted by atomic mass is 10.1. The number of phosphoric acid groups is 3. The van der Waals surface area contributed by atoms with Gasteiger partial charge >= 0.3 is 29.2 Å². The minimum atomic E-state index is -5.76. The summed E-state index contributed by atoms with van der Waals surface area (Å²) in [7, 11) is -16.9. The molecule has 1 aliphatic rings. The number of aliphatic hydroxyl groups is 1. The van der Waals surface area contributed by atoms with E-state index < -0.39 is 67.0 Å². The van der Waals surface area contributed by atoms with Crippen molar-refractivity contribution in [2.75, 3.05) is 19.1 Å². The molecule has 20 nitrogen and oxygen atoms in total. The third kappa shape index (κ3) is 8.22. The molecule has 1 aliphatic heterocycles. The van der Waals surface area contributed by atoms with E-state index in [-0.39, 0.29) is 5.82 Å². The first kappa shape index (κ1) is 27.5. The maximum atomic E-state index is 12.0. The van der Waals surface area contributed by atoms with Crippen LogP contribution in [-0.2, 0) is 36.3 Å². The number of aliphatic hydroxyl groups excluding tert-OH is 1. The molecule has 0 aliphatic carbocycles. The van der Waals surface area contributed by atoms with E-state index in [9.17, 15) is 28.5 Å². The van der Waals surface area contributed by atoms with Crippen LogP contribution in [0.15, 0.2) is 22.2 Å². The van der Waals surface area contributed by atoms with Crippen LogP contribution >= 0.6 is 23.5 Å². The van der Waals surface area contributed by atoms with Gasteiger partial charge in [0, 0.05) is 11.1 Å². The molecular weight excluding hydrogens is 521 g/mol. The zero-order chi connectivity index (χ0) is 25.0. The lowest BCUT2D eigenvalue weighted by molar-refractivity contribution is -0.0602. The van der Waals surface area contributed by atoms with E-state index in [2.05, 4.69) is 28.2 Å². The van der Waals surface area contributed by atoms with Gasteiger partial charge in [-0.2, -0.15) is 13.6 Å². The number of phosphoric ester groups is 1. The van der Waals surface area contributed by atoms with Crippen molar-refractivity contribution in [1.82, 2.24) is 9.55 Å². The quantitative estimate of drug-likeness (QED) is 0.0858. The van der Waals surface area contributed by atoms with Gasteiger partial charge in [-0.1, -0.05) is 5.11 Å². The molecule has 23 heteroatoms.